The van der Waals surface area contributed by atoms with Gasteiger partial charge in [0.2, 0.25) is 10.0 Å². The molecule has 4 rings (SSSR count). The number of sulfonamides is 1. The SMILES string of the molecule is O=c1[nH]c2ccc(S(=O)(=O)N(C3CCCCC3)C3CC3)cc2[nH]c1=O. The van der Waals surface area contributed by atoms with Crippen molar-refractivity contribution in [2.75, 3.05) is 0 Å². The lowest BCUT2D eigenvalue weighted by atomic mass is 9.95. The Morgan fingerprint density at radius 1 is 0.840 bits per heavy atom. The lowest BCUT2D eigenvalue weighted by molar-refractivity contribution is 0.246. The second kappa shape index (κ2) is 6.10. The number of aromatic amines is 2. The smallest absolute Gasteiger partial charge is 0.314 e. The fourth-order valence-electron chi connectivity index (χ4n) is 3.73. The van der Waals surface area contributed by atoms with Crippen molar-refractivity contribution in [3.8, 4) is 0 Å². The number of nitrogens with zero attached hydrogens (tertiary/aromatic N) is 1. The Morgan fingerprint density at radius 3 is 2.08 bits per heavy atom. The number of rotatable bonds is 4. The van der Waals surface area contributed by atoms with E-state index < -0.39 is 21.1 Å². The van der Waals surface area contributed by atoms with E-state index in [2.05, 4.69) is 9.97 Å². The maximum Gasteiger partial charge on any atom is 0.314 e. The number of H-pyrrole nitrogens is 2. The minimum Gasteiger partial charge on any atom is -0.316 e. The van der Waals surface area contributed by atoms with Gasteiger partial charge in [0.05, 0.1) is 15.9 Å². The van der Waals surface area contributed by atoms with E-state index >= 15 is 0 Å². The van der Waals surface area contributed by atoms with Crippen LogP contribution in [0.1, 0.15) is 44.9 Å². The van der Waals surface area contributed by atoms with E-state index in [1.54, 1.807) is 4.31 Å². The van der Waals surface area contributed by atoms with E-state index in [-0.39, 0.29) is 17.0 Å². The molecule has 1 aromatic heterocycles. The third kappa shape index (κ3) is 3.04. The summed E-state index contributed by atoms with van der Waals surface area (Å²) in [6.45, 7) is 0. The predicted molar refractivity (Wildman–Crippen MR) is 94.1 cm³/mol. The van der Waals surface area contributed by atoms with Gasteiger partial charge < -0.3 is 9.97 Å². The summed E-state index contributed by atoms with van der Waals surface area (Å²) in [5.74, 6) is 0. The molecule has 134 valence electrons. The van der Waals surface area contributed by atoms with E-state index in [4.69, 9.17) is 0 Å². The highest BCUT2D eigenvalue weighted by atomic mass is 32.2. The van der Waals surface area contributed by atoms with Gasteiger partial charge in [0.1, 0.15) is 0 Å². The maximum absolute atomic E-state index is 13.3. The molecular formula is C17H21N3O4S. The molecule has 0 bridgehead atoms. The van der Waals surface area contributed by atoms with Gasteiger partial charge in [0.15, 0.2) is 0 Å². The van der Waals surface area contributed by atoms with Crippen LogP contribution in [0.4, 0.5) is 0 Å². The molecule has 2 fully saturated rings. The lowest BCUT2D eigenvalue weighted by Crippen LogP contribution is -2.43. The number of fused-ring (bicyclic) bond motifs is 1. The molecule has 0 radical (unpaired) electrons. The molecule has 0 amide bonds. The highest BCUT2D eigenvalue weighted by Gasteiger charge is 2.42. The molecule has 0 spiro atoms. The van der Waals surface area contributed by atoms with Crippen molar-refractivity contribution >= 4 is 21.1 Å². The van der Waals surface area contributed by atoms with Crippen molar-refractivity contribution in [1.29, 1.82) is 0 Å². The Bertz CT molecular complexity index is 1010. The maximum atomic E-state index is 13.3. The zero-order chi connectivity index (χ0) is 17.6. The third-order valence-electron chi connectivity index (χ3n) is 5.11. The standard InChI is InChI=1S/C17H21N3O4S/c21-16-17(22)19-15-10-13(8-9-14(15)18-16)25(23,24)20(12-6-7-12)11-4-2-1-3-5-11/h8-12H,1-7H2,(H,18,21)(H,19,22). The number of hydrogen-bond donors (Lipinski definition) is 2. The molecule has 2 N–H and O–H groups in total. The number of benzene rings is 1. The first-order valence-corrected chi connectivity index (χ1v) is 10.2. The second-order valence-corrected chi connectivity index (χ2v) is 8.82. The highest BCUT2D eigenvalue weighted by molar-refractivity contribution is 7.89. The number of hydrogen-bond acceptors (Lipinski definition) is 4. The van der Waals surface area contributed by atoms with Gasteiger partial charge in [-0.25, -0.2) is 8.42 Å². The monoisotopic (exact) mass is 363 g/mol. The van der Waals surface area contributed by atoms with E-state index in [9.17, 15) is 18.0 Å². The van der Waals surface area contributed by atoms with Gasteiger partial charge in [-0.15, -0.1) is 0 Å². The fraction of sp³-hybridized carbons (Fsp3) is 0.529. The highest BCUT2D eigenvalue weighted by Crippen LogP contribution is 2.38. The Hall–Kier alpha value is -1.93. The van der Waals surface area contributed by atoms with Gasteiger partial charge >= 0.3 is 11.1 Å². The van der Waals surface area contributed by atoms with Crippen LogP contribution in [0.2, 0.25) is 0 Å². The summed E-state index contributed by atoms with van der Waals surface area (Å²) in [4.78, 5) is 28.0. The first kappa shape index (κ1) is 16.5. The van der Waals surface area contributed by atoms with Crippen LogP contribution < -0.4 is 11.1 Å². The van der Waals surface area contributed by atoms with Crippen molar-refractivity contribution in [1.82, 2.24) is 14.3 Å². The van der Waals surface area contributed by atoms with Gasteiger partial charge in [-0.05, 0) is 43.9 Å². The van der Waals surface area contributed by atoms with Crippen molar-refractivity contribution in [3.63, 3.8) is 0 Å². The van der Waals surface area contributed by atoms with E-state index in [0.29, 0.717) is 11.0 Å². The molecule has 0 atom stereocenters. The molecule has 2 aromatic rings. The summed E-state index contributed by atoms with van der Waals surface area (Å²) in [6.07, 6.45) is 6.94. The van der Waals surface area contributed by atoms with E-state index in [0.717, 1.165) is 38.5 Å². The molecule has 2 aliphatic carbocycles. The zero-order valence-corrected chi connectivity index (χ0v) is 14.6. The summed E-state index contributed by atoms with van der Waals surface area (Å²) < 4.78 is 28.2. The van der Waals surface area contributed by atoms with E-state index in [1.807, 2.05) is 0 Å². The molecule has 8 heteroatoms. The first-order chi connectivity index (χ1) is 12.0. The summed E-state index contributed by atoms with van der Waals surface area (Å²) >= 11 is 0. The molecule has 0 aliphatic heterocycles. The van der Waals surface area contributed by atoms with Gasteiger partial charge in [-0.1, -0.05) is 19.3 Å². The van der Waals surface area contributed by atoms with Crippen LogP contribution in [-0.4, -0.2) is 34.8 Å². The summed E-state index contributed by atoms with van der Waals surface area (Å²) in [6, 6.07) is 4.64. The normalized spacial score (nSPS) is 19.6. The zero-order valence-electron chi connectivity index (χ0n) is 13.8. The molecule has 2 saturated carbocycles. The Balaban J connectivity index is 1.77. The average molecular weight is 363 g/mol. The summed E-state index contributed by atoms with van der Waals surface area (Å²) in [5.41, 5.74) is -0.789. The Labute approximate surface area is 145 Å². The molecule has 7 nitrogen and oxygen atoms in total. The molecule has 2 aliphatic rings. The molecule has 25 heavy (non-hydrogen) atoms. The molecule has 1 heterocycles. The minimum absolute atomic E-state index is 0.0663. The second-order valence-electron chi connectivity index (χ2n) is 6.97. The van der Waals surface area contributed by atoms with Crippen LogP contribution in [-0.2, 0) is 10.0 Å². The van der Waals surface area contributed by atoms with Crippen LogP contribution in [0.5, 0.6) is 0 Å². The number of nitrogens with one attached hydrogen (secondary N) is 2. The largest absolute Gasteiger partial charge is 0.316 e. The van der Waals surface area contributed by atoms with Crippen LogP contribution in [0.15, 0.2) is 32.7 Å². The van der Waals surface area contributed by atoms with Crippen molar-refractivity contribution in [2.45, 2.75) is 61.9 Å². The third-order valence-corrected chi connectivity index (χ3v) is 7.11. The van der Waals surface area contributed by atoms with Crippen LogP contribution in [0.25, 0.3) is 11.0 Å². The van der Waals surface area contributed by atoms with Gasteiger partial charge in [-0.2, -0.15) is 4.31 Å². The lowest BCUT2D eigenvalue weighted by Gasteiger charge is -2.33. The van der Waals surface area contributed by atoms with Crippen molar-refractivity contribution in [2.24, 2.45) is 0 Å². The van der Waals surface area contributed by atoms with Crippen LogP contribution >= 0.6 is 0 Å². The first-order valence-electron chi connectivity index (χ1n) is 8.77. The number of aromatic nitrogens is 2. The summed E-state index contributed by atoms with van der Waals surface area (Å²) in [7, 11) is -3.63. The van der Waals surface area contributed by atoms with Gasteiger partial charge in [0, 0.05) is 12.1 Å². The average Bonchev–Trinajstić information content (AvgIpc) is 3.41. The minimum atomic E-state index is -3.63. The topological polar surface area (TPSA) is 103 Å². The summed E-state index contributed by atoms with van der Waals surface area (Å²) in [5, 5.41) is 0. The molecule has 1 aromatic carbocycles. The van der Waals surface area contributed by atoms with E-state index in [1.165, 1.54) is 24.6 Å². The van der Waals surface area contributed by atoms with Crippen LogP contribution in [0, 0.1) is 0 Å². The molecule has 0 saturated heterocycles. The van der Waals surface area contributed by atoms with Gasteiger partial charge in [0.25, 0.3) is 0 Å². The molecule has 0 unspecified atom stereocenters. The quantitative estimate of drug-likeness (QED) is 0.807. The van der Waals surface area contributed by atoms with Crippen molar-refractivity contribution in [3.05, 3.63) is 38.9 Å². The Kier molecular flexibility index (Phi) is 4.04. The van der Waals surface area contributed by atoms with Gasteiger partial charge in [-0.3, -0.25) is 9.59 Å². The molecular weight excluding hydrogens is 342 g/mol. The Morgan fingerprint density at radius 2 is 1.44 bits per heavy atom. The van der Waals surface area contributed by atoms with Crippen molar-refractivity contribution < 1.29 is 8.42 Å². The van der Waals surface area contributed by atoms with Crippen LogP contribution in [0.3, 0.4) is 0 Å². The fourth-order valence-corrected chi connectivity index (χ4v) is 5.69. The predicted octanol–water partition coefficient (Wildman–Crippen LogP) is 1.70.